The van der Waals surface area contributed by atoms with Crippen LogP contribution in [-0.2, 0) is 10.0 Å². The fourth-order valence-corrected chi connectivity index (χ4v) is 5.56. The molecule has 1 aliphatic heterocycles. The molecule has 36 heavy (non-hydrogen) atoms. The van der Waals surface area contributed by atoms with E-state index < -0.39 is 21.5 Å². The number of H-pyrrole nitrogens is 1. The van der Waals surface area contributed by atoms with Gasteiger partial charge in [-0.1, -0.05) is 23.7 Å². The molecule has 0 atom stereocenters. The molecule has 2 aromatic heterocycles. The number of sulfonamides is 1. The van der Waals surface area contributed by atoms with Crippen LogP contribution in [-0.4, -0.2) is 69.9 Å². The Balaban J connectivity index is 0.00000304. The third-order valence-electron chi connectivity index (χ3n) is 5.79. The monoisotopic (exact) mass is 546 g/mol. The van der Waals surface area contributed by atoms with Crippen LogP contribution in [0.3, 0.4) is 0 Å². The van der Waals surface area contributed by atoms with Crippen molar-refractivity contribution in [1.29, 1.82) is 0 Å². The highest BCUT2D eigenvalue weighted by molar-refractivity contribution is 7.89. The number of nitrogens with zero attached hydrogens (tertiary/aromatic N) is 5. The summed E-state index contributed by atoms with van der Waals surface area (Å²) in [5.41, 5.74) is 0.0641. The summed E-state index contributed by atoms with van der Waals surface area (Å²) in [4.78, 5) is 33.3. The molecule has 0 spiro atoms. The number of pyridine rings is 1. The Morgan fingerprint density at radius 1 is 0.917 bits per heavy atom. The maximum absolute atomic E-state index is 13.2. The zero-order valence-corrected chi connectivity index (χ0v) is 21.1. The summed E-state index contributed by atoms with van der Waals surface area (Å²) >= 11 is 6.01. The van der Waals surface area contributed by atoms with Crippen molar-refractivity contribution in [3.8, 4) is 11.3 Å². The number of carbonyl (C=O) groups excluding carboxylic acids is 1. The average molecular weight is 547 g/mol. The molecule has 1 aliphatic rings. The van der Waals surface area contributed by atoms with Gasteiger partial charge in [0.25, 0.3) is 11.5 Å². The first-order chi connectivity index (χ1) is 16.8. The second-order valence-electron chi connectivity index (χ2n) is 7.94. The summed E-state index contributed by atoms with van der Waals surface area (Å²) in [7, 11) is -3.75. The molecule has 5 rings (SSSR count). The van der Waals surface area contributed by atoms with Gasteiger partial charge < -0.3 is 4.90 Å². The summed E-state index contributed by atoms with van der Waals surface area (Å²) in [6.07, 6.45) is 3.05. The first-order valence-corrected chi connectivity index (χ1v) is 12.5. The zero-order valence-electron chi connectivity index (χ0n) is 18.7. The van der Waals surface area contributed by atoms with E-state index in [4.69, 9.17) is 11.6 Å². The van der Waals surface area contributed by atoms with Crippen molar-refractivity contribution in [2.45, 2.75) is 4.90 Å². The lowest BCUT2D eigenvalue weighted by Crippen LogP contribution is -2.51. The number of hydrogen-bond donors (Lipinski definition) is 1. The summed E-state index contributed by atoms with van der Waals surface area (Å²) in [6, 6.07) is 13.4. The molecule has 1 fully saturated rings. The topological polar surface area (TPSA) is 129 Å². The number of hydrogen-bond acceptors (Lipinski definition) is 7. The number of rotatable bonds is 4. The number of benzene rings is 2. The van der Waals surface area contributed by atoms with Crippen molar-refractivity contribution < 1.29 is 13.2 Å². The molecule has 0 saturated carbocycles. The van der Waals surface area contributed by atoms with Crippen molar-refractivity contribution >= 4 is 50.7 Å². The Labute approximate surface area is 217 Å². The van der Waals surface area contributed by atoms with Crippen LogP contribution in [0.4, 0.5) is 0 Å². The minimum absolute atomic E-state index is 0. The Kier molecular flexibility index (Phi) is 7.36. The number of halogens is 2. The molecular weight excluding hydrogens is 527 g/mol. The van der Waals surface area contributed by atoms with Gasteiger partial charge in [0.05, 0.1) is 4.90 Å². The molecule has 186 valence electrons. The van der Waals surface area contributed by atoms with E-state index in [-0.39, 0.29) is 55.0 Å². The van der Waals surface area contributed by atoms with Crippen LogP contribution in [0.25, 0.3) is 22.0 Å². The summed E-state index contributed by atoms with van der Waals surface area (Å²) < 4.78 is 27.7. The van der Waals surface area contributed by atoms with E-state index in [1.165, 1.54) is 21.6 Å². The first-order valence-electron chi connectivity index (χ1n) is 10.7. The third-order valence-corrected chi connectivity index (χ3v) is 7.92. The highest BCUT2D eigenvalue weighted by atomic mass is 35.5. The van der Waals surface area contributed by atoms with Crippen LogP contribution in [0, 0.1) is 0 Å². The molecule has 2 aromatic carbocycles. The average Bonchev–Trinajstić information content (AvgIpc) is 2.88. The van der Waals surface area contributed by atoms with E-state index >= 15 is 0 Å². The van der Waals surface area contributed by atoms with Gasteiger partial charge in [-0.3, -0.25) is 19.6 Å². The molecule has 0 bridgehead atoms. The number of amides is 1. The van der Waals surface area contributed by atoms with Crippen LogP contribution < -0.4 is 5.56 Å². The van der Waals surface area contributed by atoms with E-state index in [1.54, 1.807) is 48.5 Å². The normalized spacial score (nSPS) is 14.4. The van der Waals surface area contributed by atoms with Crippen molar-refractivity contribution in [3.63, 3.8) is 0 Å². The van der Waals surface area contributed by atoms with Crippen molar-refractivity contribution in [1.82, 2.24) is 29.4 Å². The zero-order chi connectivity index (χ0) is 24.6. The fourth-order valence-electron chi connectivity index (χ4n) is 3.92. The molecule has 0 radical (unpaired) electrons. The van der Waals surface area contributed by atoms with Crippen molar-refractivity contribution in [2.24, 2.45) is 0 Å². The van der Waals surface area contributed by atoms with E-state index in [0.29, 0.717) is 10.6 Å². The molecule has 0 aliphatic carbocycles. The Bertz CT molecular complexity index is 1590. The molecule has 10 nitrogen and oxygen atoms in total. The third kappa shape index (κ3) is 4.96. The Morgan fingerprint density at radius 2 is 1.58 bits per heavy atom. The van der Waals surface area contributed by atoms with Gasteiger partial charge in [0.2, 0.25) is 15.8 Å². The number of carbonyl (C=O) groups is 1. The second kappa shape index (κ2) is 10.3. The number of aromatic nitrogens is 4. The summed E-state index contributed by atoms with van der Waals surface area (Å²) in [6.45, 7) is 0.521. The predicted molar refractivity (Wildman–Crippen MR) is 137 cm³/mol. The van der Waals surface area contributed by atoms with Gasteiger partial charge in [-0.25, -0.2) is 8.42 Å². The van der Waals surface area contributed by atoms with E-state index in [9.17, 15) is 18.0 Å². The van der Waals surface area contributed by atoms with Gasteiger partial charge in [-0.2, -0.15) is 4.31 Å². The minimum Gasteiger partial charge on any atom is -0.333 e. The SMILES string of the molecule is Cl.O=C(c1nnc(-c2ccncc2)c(=O)[nH]1)N1CCN(S(=O)(=O)c2ccc3cc(Cl)ccc3c2)CC1. The van der Waals surface area contributed by atoms with Gasteiger partial charge >= 0.3 is 0 Å². The Morgan fingerprint density at radius 3 is 2.28 bits per heavy atom. The summed E-state index contributed by atoms with van der Waals surface area (Å²) in [5.74, 6) is -0.715. The molecule has 13 heteroatoms. The quantitative estimate of drug-likeness (QED) is 0.416. The smallest absolute Gasteiger partial charge is 0.291 e. The number of piperazine rings is 1. The standard InChI is InChI=1S/C23H19ClN6O4S.ClH/c24-18-3-1-17-14-19(4-2-16(17)13-18)35(33,34)30-11-9-29(10-12-30)23(32)21-26-22(31)20(27-28-21)15-5-7-25-8-6-15;/h1-8,13-14H,9-12H2,(H,26,28,31);1H. The molecular formula is C23H20Cl2N6O4S. The van der Waals surface area contributed by atoms with E-state index in [0.717, 1.165) is 10.8 Å². The number of nitrogens with one attached hydrogen (secondary N) is 1. The van der Waals surface area contributed by atoms with Gasteiger partial charge in [0.1, 0.15) is 0 Å². The summed E-state index contributed by atoms with van der Waals surface area (Å²) in [5, 5.41) is 9.97. The van der Waals surface area contributed by atoms with Gasteiger partial charge in [0.15, 0.2) is 5.69 Å². The molecule has 3 heterocycles. The van der Waals surface area contributed by atoms with Gasteiger partial charge in [0, 0.05) is 49.2 Å². The lowest BCUT2D eigenvalue weighted by Gasteiger charge is -2.33. The minimum atomic E-state index is -3.75. The van der Waals surface area contributed by atoms with Gasteiger partial charge in [-0.05, 0) is 47.2 Å². The lowest BCUT2D eigenvalue weighted by molar-refractivity contribution is 0.0683. The first kappa shape index (κ1) is 25.7. The second-order valence-corrected chi connectivity index (χ2v) is 10.3. The Hall–Kier alpha value is -3.38. The van der Waals surface area contributed by atoms with E-state index in [2.05, 4.69) is 20.2 Å². The lowest BCUT2D eigenvalue weighted by atomic mass is 10.1. The van der Waals surface area contributed by atoms with Crippen LogP contribution in [0.1, 0.15) is 10.6 Å². The maximum Gasteiger partial charge on any atom is 0.291 e. The van der Waals surface area contributed by atoms with Crippen LogP contribution in [0.5, 0.6) is 0 Å². The van der Waals surface area contributed by atoms with Crippen molar-refractivity contribution in [2.75, 3.05) is 26.2 Å². The maximum atomic E-state index is 13.2. The molecule has 0 unspecified atom stereocenters. The highest BCUT2D eigenvalue weighted by Crippen LogP contribution is 2.25. The predicted octanol–water partition coefficient (Wildman–Crippen LogP) is 2.60. The highest BCUT2D eigenvalue weighted by Gasteiger charge is 2.31. The number of aromatic amines is 1. The van der Waals surface area contributed by atoms with Crippen LogP contribution in [0.2, 0.25) is 5.02 Å². The van der Waals surface area contributed by atoms with Crippen LogP contribution in [0.15, 0.2) is 70.6 Å². The fraction of sp³-hybridized carbons (Fsp3) is 0.174. The van der Waals surface area contributed by atoms with Crippen molar-refractivity contribution in [3.05, 3.63) is 82.1 Å². The molecule has 1 saturated heterocycles. The molecule has 1 N–H and O–H groups in total. The van der Waals surface area contributed by atoms with Crippen LogP contribution >= 0.6 is 24.0 Å². The van der Waals surface area contributed by atoms with Gasteiger partial charge in [-0.15, -0.1) is 22.6 Å². The number of fused-ring (bicyclic) bond motifs is 1. The molecule has 1 amide bonds. The largest absolute Gasteiger partial charge is 0.333 e. The van der Waals surface area contributed by atoms with E-state index in [1.807, 2.05) is 0 Å². The molecule has 4 aromatic rings.